The molecule has 0 aromatic carbocycles. The highest BCUT2D eigenvalue weighted by molar-refractivity contribution is 14.0. The van der Waals surface area contributed by atoms with Gasteiger partial charge in [0.2, 0.25) is 5.89 Å². The Labute approximate surface area is 167 Å². The summed E-state index contributed by atoms with van der Waals surface area (Å²) in [6, 6.07) is 0.473. The van der Waals surface area contributed by atoms with E-state index in [1.165, 1.54) is 25.7 Å². The van der Waals surface area contributed by atoms with Gasteiger partial charge in [0.15, 0.2) is 11.8 Å². The van der Waals surface area contributed by atoms with E-state index in [2.05, 4.69) is 39.6 Å². The Bertz CT molecular complexity index is 537. The summed E-state index contributed by atoms with van der Waals surface area (Å²) in [6.07, 6.45) is 4.67. The zero-order valence-corrected chi connectivity index (χ0v) is 18.3. The molecule has 8 heteroatoms. The molecule has 7 nitrogen and oxygen atoms in total. The smallest absolute Gasteiger partial charge is 0.246 e. The van der Waals surface area contributed by atoms with Gasteiger partial charge in [-0.25, -0.2) is 0 Å². The number of aromatic nitrogens is 2. The van der Waals surface area contributed by atoms with E-state index in [1.54, 1.807) is 7.05 Å². The molecule has 0 spiro atoms. The number of ether oxygens (including phenoxy) is 1. The number of hydrogen-bond acceptors (Lipinski definition) is 5. The lowest BCUT2D eigenvalue weighted by atomic mass is 9.75. The average molecular weight is 465 g/mol. The van der Waals surface area contributed by atoms with E-state index >= 15 is 0 Å². The van der Waals surface area contributed by atoms with Crippen LogP contribution < -0.4 is 10.6 Å². The van der Waals surface area contributed by atoms with Crippen molar-refractivity contribution in [1.29, 1.82) is 0 Å². The second kappa shape index (κ2) is 10.3. The summed E-state index contributed by atoms with van der Waals surface area (Å²) in [7, 11) is 1.78. The lowest BCUT2D eigenvalue weighted by Crippen LogP contribution is -2.45. The summed E-state index contributed by atoms with van der Waals surface area (Å²) in [5, 5.41) is 10.7. The molecule has 1 saturated carbocycles. The largest absolute Gasteiger partial charge is 0.371 e. The summed E-state index contributed by atoms with van der Waals surface area (Å²) in [4.78, 5) is 8.64. The molecule has 0 aliphatic heterocycles. The minimum absolute atomic E-state index is 0. The van der Waals surface area contributed by atoms with Gasteiger partial charge in [-0.3, -0.25) is 4.99 Å². The predicted molar refractivity (Wildman–Crippen MR) is 109 cm³/mol. The highest BCUT2D eigenvalue weighted by Crippen LogP contribution is 2.34. The molecule has 1 fully saturated rings. The van der Waals surface area contributed by atoms with Gasteiger partial charge in [-0.2, -0.15) is 4.98 Å². The lowest BCUT2D eigenvalue weighted by Gasteiger charge is -2.35. The predicted octanol–water partition coefficient (Wildman–Crippen LogP) is 3.42. The van der Waals surface area contributed by atoms with E-state index in [0.717, 1.165) is 5.96 Å². The highest BCUT2D eigenvalue weighted by atomic mass is 127. The molecule has 1 aliphatic carbocycles. The van der Waals surface area contributed by atoms with E-state index in [1.807, 2.05) is 13.8 Å². The minimum atomic E-state index is -0.157. The summed E-state index contributed by atoms with van der Waals surface area (Å²) in [6.45, 7) is 9.61. The van der Waals surface area contributed by atoms with Gasteiger partial charge in [0.05, 0.1) is 6.54 Å². The molecule has 2 N–H and O–H groups in total. The molecule has 1 unspecified atom stereocenters. The maximum Gasteiger partial charge on any atom is 0.246 e. The van der Waals surface area contributed by atoms with E-state index in [-0.39, 0.29) is 30.1 Å². The van der Waals surface area contributed by atoms with Gasteiger partial charge >= 0.3 is 0 Å². The first kappa shape index (κ1) is 22.1. The van der Waals surface area contributed by atoms with Gasteiger partial charge in [-0.1, -0.05) is 19.0 Å². The van der Waals surface area contributed by atoms with E-state index in [4.69, 9.17) is 9.26 Å². The third kappa shape index (κ3) is 7.08. The van der Waals surface area contributed by atoms with Crippen LogP contribution in [0.15, 0.2) is 9.52 Å². The molecule has 25 heavy (non-hydrogen) atoms. The fourth-order valence-corrected chi connectivity index (χ4v) is 2.92. The fourth-order valence-electron chi connectivity index (χ4n) is 2.92. The normalized spacial score (nSPS) is 19.2. The van der Waals surface area contributed by atoms with E-state index < -0.39 is 0 Å². The van der Waals surface area contributed by atoms with Crippen LogP contribution in [0.1, 0.15) is 71.2 Å². The number of hydrogen-bond donors (Lipinski definition) is 2. The van der Waals surface area contributed by atoms with Crippen molar-refractivity contribution < 1.29 is 9.26 Å². The SMILES string of the molecule is CCOC(C)c1noc(CNC(=NC)NC2CCC(C)(C)CC2)n1.I. The van der Waals surface area contributed by atoms with Gasteiger partial charge in [-0.15, -0.1) is 24.0 Å². The zero-order valence-electron chi connectivity index (χ0n) is 16.0. The maximum atomic E-state index is 5.46. The van der Waals surface area contributed by atoms with Gasteiger partial charge in [0.1, 0.15) is 6.10 Å². The molecule has 0 bridgehead atoms. The summed E-state index contributed by atoms with van der Waals surface area (Å²) in [5.74, 6) is 1.88. The Hall–Kier alpha value is -0.900. The molecule has 1 heterocycles. The monoisotopic (exact) mass is 465 g/mol. The van der Waals surface area contributed by atoms with Crippen LogP contribution in [0, 0.1) is 5.41 Å². The third-order valence-corrected chi connectivity index (χ3v) is 4.57. The van der Waals surface area contributed by atoms with Crippen molar-refractivity contribution >= 4 is 29.9 Å². The number of nitrogens with zero attached hydrogens (tertiary/aromatic N) is 3. The van der Waals surface area contributed by atoms with Crippen molar-refractivity contribution in [1.82, 2.24) is 20.8 Å². The second-order valence-electron chi connectivity index (χ2n) is 7.15. The van der Waals surface area contributed by atoms with E-state index in [9.17, 15) is 0 Å². The first-order chi connectivity index (χ1) is 11.4. The van der Waals surface area contributed by atoms with Crippen LogP contribution in [-0.4, -0.2) is 35.8 Å². The quantitative estimate of drug-likeness (QED) is 0.381. The van der Waals surface area contributed by atoms with Crippen molar-refractivity contribution in [2.24, 2.45) is 10.4 Å². The van der Waals surface area contributed by atoms with Crippen LogP contribution in [0.5, 0.6) is 0 Å². The van der Waals surface area contributed by atoms with Gasteiger partial charge in [0.25, 0.3) is 0 Å². The van der Waals surface area contributed by atoms with Crippen molar-refractivity contribution in [2.45, 2.75) is 72.1 Å². The van der Waals surface area contributed by atoms with E-state index in [0.29, 0.717) is 36.3 Å². The van der Waals surface area contributed by atoms with Crippen molar-refractivity contribution in [3.8, 4) is 0 Å². The molecule has 1 aromatic heterocycles. The van der Waals surface area contributed by atoms with Crippen LogP contribution >= 0.6 is 24.0 Å². The number of rotatable bonds is 6. The van der Waals surface area contributed by atoms with Crippen molar-refractivity contribution in [3.05, 3.63) is 11.7 Å². The summed E-state index contributed by atoms with van der Waals surface area (Å²) < 4.78 is 10.7. The number of nitrogens with one attached hydrogen (secondary N) is 2. The fraction of sp³-hybridized carbons (Fsp3) is 0.824. The Morgan fingerprint density at radius 2 is 2.08 bits per heavy atom. The maximum absolute atomic E-state index is 5.46. The van der Waals surface area contributed by atoms with Crippen LogP contribution in [0.25, 0.3) is 0 Å². The van der Waals surface area contributed by atoms with Crippen molar-refractivity contribution in [3.63, 3.8) is 0 Å². The molecule has 1 atom stereocenters. The Morgan fingerprint density at radius 3 is 2.68 bits per heavy atom. The molecule has 1 aromatic rings. The second-order valence-corrected chi connectivity index (χ2v) is 7.15. The first-order valence-corrected chi connectivity index (χ1v) is 8.85. The number of aliphatic imine (C=N–C) groups is 1. The van der Waals surface area contributed by atoms with Crippen LogP contribution in [0.3, 0.4) is 0 Å². The highest BCUT2D eigenvalue weighted by Gasteiger charge is 2.27. The minimum Gasteiger partial charge on any atom is -0.371 e. The third-order valence-electron chi connectivity index (χ3n) is 4.57. The van der Waals surface area contributed by atoms with Gasteiger partial charge < -0.3 is 19.9 Å². The molecule has 1 aliphatic rings. The molecule has 144 valence electrons. The molecule has 2 rings (SSSR count). The first-order valence-electron chi connectivity index (χ1n) is 8.85. The summed E-state index contributed by atoms with van der Waals surface area (Å²) >= 11 is 0. The Kier molecular flexibility index (Phi) is 9.12. The molecule has 0 saturated heterocycles. The molecule has 0 amide bonds. The Morgan fingerprint density at radius 1 is 1.40 bits per heavy atom. The number of halogens is 1. The zero-order chi connectivity index (χ0) is 17.6. The standard InChI is InChI=1S/C17H31N5O2.HI/c1-6-23-12(2)15-21-14(24-22-15)11-19-16(18-5)20-13-7-9-17(3,4)10-8-13;/h12-13H,6-11H2,1-5H3,(H2,18,19,20);1H. The van der Waals surface area contributed by atoms with Crippen LogP contribution in [0.2, 0.25) is 0 Å². The van der Waals surface area contributed by atoms with Gasteiger partial charge in [-0.05, 0) is 44.9 Å². The Balaban J connectivity index is 0.00000312. The summed E-state index contributed by atoms with van der Waals surface area (Å²) in [5.41, 5.74) is 0.465. The van der Waals surface area contributed by atoms with Crippen LogP contribution in [0.4, 0.5) is 0 Å². The van der Waals surface area contributed by atoms with Crippen molar-refractivity contribution in [2.75, 3.05) is 13.7 Å². The molecule has 0 radical (unpaired) electrons. The molecular formula is C17H32IN5O2. The van der Waals surface area contributed by atoms with Gasteiger partial charge in [0, 0.05) is 19.7 Å². The van der Waals surface area contributed by atoms with Crippen LogP contribution in [-0.2, 0) is 11.3 Å². The topological polar surface area (TPSA) is 84.6 Å². The molecular weight excluding hydrogens is 433 g/mol. The number of guanidine groups is 1. The average Bonchev–Trinajstić information content (AvgIpc) is 3.02. The lowest BCUT2D eigenvalue weighted by molar-refractivity contribution is 0.0683.